The summed E-state index contributed by atoms with van der Waals surface area (Å²) in [6.45, 7) is 3.36. The fraction of sp³-hybridized carbons (Fsp3) is 0.440. The van der Waals surface area contributed by atoms with Gasteiger partial charge < -0.3 is 15.4 Å². The van der Waals surface area contributed by atoms with E-state index >= 15 is 0 Å². The highest BCUT2D eigenvalue weighted by Gasteiger charge is 2.34. The number of sulfonamides is 1. The highest BCUT2D eigenvalue weighted by Crippen LogP contribution is 2.18. The third-order valence-corrected chi connectivity index (χ3v) is 7.41. The highest BCUT2D eigenvalue weighted by atomic mass is 32.2. The second kappa shape index (κ2) is 12.6. The molecule has 1 aromatic heterocycles. The van der Waals surface area contributed by atoms with Gasteiger partial charge in [-0.25, -0.2) is 13.4 Å². The zero-order valence-electron chi connectivity index (χ0n) is 20.4. The Morgan fingerprint density at radius 2 is 1.86 bits per heavy atom. The molecule has 1 aliphatic rings. The molecule has 3 rings (SSSR count). The number of aromatic nitrogens is 1. The number of nitrogens with one attached hydrogen (secondary N) is 2. The maximum absolute atomic E-state index is 13.1. The molecular weight excluding hydrogens is 484 g/mol. The Bertz CT molecular complexity index is 1140. The van der Waals surface area contributed by atoms with Gasteiger partial charge >= 0.3 is 0 Å². The predicted molar refractivity (Wildman–Crippen MR) is 132 cm³/mol. The lowest BCUT2D eigenvalue weighted by Crippen LogP contribution is -2.53. The largest absolute Gasteiger partial charge is 0.484 e. The molecule has 2 atom stereocenters. The van der Waals surface area contributed by atoms with Crippen LogP contribution in [-0.4, -0.2) is 67.1 Å². The number of pyridine rings is 1. The number of carbonyl (C=O) groups excluding carboxylic acids is 3. The molecule has 2 unspecified atom stereocenters. The van der Waals surface area contributed by atoms with Crippen molar-refractivity contribution in [2.24, 2.45) is 5.92 Å². The van der Waals surface area contributed by atoms with E-state index in [1.807, 2.05) is 19.9 Å². The van der Waals surface area contributed by atoms with Gasteiger partial charge in [0.05, 0.1) is 12.6 Å². The van der Waals surface area contributed by atoms with E-state index in [2.05, 4.69) is 15.6 Å². The SMILES string of the molecule is CC(C)CC(NC(=O)COc1ccccc1)C(=O)NC1CCCN(S(=O)(=O)c2ccccn2)CC1=O. The number of para-hydroxylation sites is 1. The van der Waals surface area contributed by atoms with Crippen LogP contribution in [-0.2, 0) is 24.4 Å². The first kappa shape index (κ1) is 27.3. The van der Waals surface area contributed by atoms with Gasteiger partial charge in [0.15, 0.2) is 17.4 Å². The summed E-state index contributed by atoms with van der Waals surface area (Å²) in [6.07, 6.45) is 2.42. The summed E-state index contributed by atoms with van der Waals surface area (Å²) in [5.41, 5.74) is 0. The summed E-state index contributed by atoms with van der Waals surface area (Å²) in [5.74, 6) is -0.732. The number of ether oxygens (including phenoxy) is 1. The molecule has 1 saturated heterocycles. The van der Waals surface area contributed by atoms with E-state index < -0.39 is 39.7 Å². The van der Waals surface area contributed by atoms with E-state index in [9.17, 15) is 22.8 Å². The first-order valence-electron chi connectivity index (χ1n) is 11.9. The molecule has 2 amide bonds. The van der Waals surface area contributed by atoms with Crippen LogP contribution in [0.15, 0.2) is 59.8 Å². The van der Waals surface area contributed by atoms with Gasteiger partial charge in [-0.2, -0.15) is 4.31 Å². The van der Waals surface area contributed by atoms with Crippen molar-refractivity contribution in [3.05, 3.63) is 54.7 Å². The fourth-order valence-corrected chi connectivity index (χ4v) is 5.24. The van der Waals surface area contributed by atoms with Crippen LogP contribution in [0, 0.1) is 5.92 Å². The van der Waals surface area contributed by atoms with E-state index in [1.165, 1.54) is 12.3 Å². The molecule has 2 N–H and O–H groups in total. The third kappa shape index (κ3) is 7.59. The van der Waals surface area contributed by atoms with Crippen molar-refractivity contribution in [2.45, 2.75) is 50.2 Å². The van der Waals surface area contributed by atoms with Crippen molar-refractivity contribution >= 4 is 27.6 Å². The lowest BCUT2D eigenvalue weighted by atomic mass is 10.0. The predicted octanol–water partition coefficient (Wildman–Crippen LogP) is 1.53. The Kier molecular flexibility index (Phi) is 9.54. The number of carbonyl (C=O) groups is 3. The zero-order valence-corrected chi connectivity index (χ0v) is 21.2. The van der Waals surface area contributed by atoms with E-state index in [4.69, 9.17) is 4.74 Å². The third-order valence-electron chi connectivity index (χ3n) is 5.65. The Morgan fingerprint density at radius 1 is 1.14 bits per heavy atom. The maximum Gasteiger partial charge on any atom is 0.260 e. The molecule has 0 radical (unpaired) electrons. The molecular formula is C25H32N4O6S. The Hall–Kier alpha value is -3.31. The van der Waals surface area contributed by atoms with Crippen LogP contribution in [0.3, 0.4) is 0 Å². The molecule has 194 valence electrons. The van der Waals surface area contributed by atoms with Crippen molar-refractivity contribution in [1.29, 1.82) is 0 Å². The lowest BCUT2D eigenvalue weighted by molar-refractivity contribution is -0.132. The van der Waals surface area contributed by atoms with Crippen molar-refractivity contribution in [3.63, 3.8) is 0 Å². The number of benzene rings is 1. The molecule has 0 bridgehead atoms. The van der Waals surface area contributed by atoms with Gasteiger partial charge in [0, 0.05) is 12.7 Å². The van der Waals surface area contributed by atoms with Crippen LogP contribution in [0.2, 0.25) is 0 Å². The van der Waals surface area contributed by atoms with Crippen molar-refractivity contribution < 1.29 is 27.5 Å². The number of amides is 2. The van der Waals surface area contributed by atoms with E-state index in [0.717, 1.165) is 4.31 Å². The molecule has 1 aromatic carbocycles. The van der Waals surface area contributed by atoms with Gasteiger partial charge in [-0.1, -0.05) is 38.1 Å². The van der Waals surface area contributed by atoms with E-state index in [1.54, 1.807) is 36.4 Å². The van der Waals surface area contributed by atoms with Crippen LogP contribution in [0.5, 0.6) is 5.75 Å². The Balaban J connectivity index is 1.61. The molecule has 1 aliphatic heterocycles. The molecule has 0 spiro atoms. The average Bonchev–Trinajstić information content (AvgIpc) is 3.05. The van der Waals surface area contributed by atoms with Gasteiger partial charge in [-0.15, -0.1) is 0 Å². The highest BCUT2D eigenvalue weighted by molar-refractivity contribution is 7.89. The number of rotatable bonds is 10. The van der Waals surface area contributed by atoms with Crippen molar-refractivity contribution in [1.82, 2.24) is 19.9 Å². The molecule has 1 fully saturated rings. The second-order valence-electron chi connectivity index (χ2n) is 9.03. The number of Topliss-reactive ketones (excluding diaryl/α,β-unsaturated/α-hetero) is 1. The number of hydrogen-bond donors (Lipinski definition) is 2. The standard InChI is InChI=1S/C25H32N4O6S/c1-18(2)15-21(27-23(31)17-35-19-9-4-3-5-10-19)25(32)28-20-11-8-14-29(16-22(20)30)36(33,34)24-12-6-7-13-26-24/h3-7,9-10,12-13,18,20-21H,8,11,14-17H2,1-2H3,(H,27,31)(H,28,32). The summed E-state index contributed by atoms with van der Waals surface area (Å²) >= 11 is 0. The van der Waals surface area contributed by atoms with Gasteiger partial charge in [-0.3, -0.25) is 14.4 Å². The number of hydrogen-bond acceptors (Lipinski definition) is 7. The van der Waals surface area contributed by atoms with Crippen LogP contribution >= 0.6 is 0 Å². The number of nitrogens with zero attached hydrogens (tertiary/aromatic N) is 2. The van der Waals surface area contributed by atoms with Crippen molar-refractivity contribution in [2.75, 3.05) is 19.7 Å². The summed E-state index contributed by atoms with van der Waals surface area (Å²) in [4.78, 5) is 42.3. The minimum absolute atomic E-state index is 0.0972. The monoisotopic (exact) mass is 516 g/mol. The smallest absolute Gasteiger partial charge is 0.260 e. The van der Waals surface area contributed by atoms with Crippen LogP contribution < -0.4 is 15.4 Å². The Morgan fingerprint density at radius 3 is 2.53 bits per heavy atom. The summed E-state index contributed by atoms with van der Waals surface area (Å²) in [7, 11) is -3.93. The second-order valence-corrected chi connectivity index (χ2v) is 10.9. The topological polar surface area (TPSA) is 135 Å². The van der Waals surface area contributed by atoms with Crippen molar-refractivity contribution in [3.8, 4) is 5.75 Å². The molecule has 36 heavy (non-hydrogen) atoms. The first-order chi connectivity index (χ1) is 17.2. The quantitative estimate of drug-likeness (QED) is 0.489. The molecule has 11 heteroatoms. The maximum atomic E-state index is 13.1. The fourth-order valence-electron chi connectivity index (χ4n) is 3.86. The normalized spacial score (nSPS) is 17.8. The molecule has 0 saturated carbocycles. The Labute approximate surface area is 211 Å². The van der Waals surface area contributed by atoms with E-state index in [0.29, 0.717) is 18.6 Å². The van der Waals surface area contributed by atoms with E-state index in [-0.39, 0.29) is 37.1 Å². The van der Waals surface area contributed by atoms with Crippen LogP contribution in [0.25, 0.3) is 0 Å². The van der Waals surface area contributed by atoms with Gasteiger partial charge in [0.1, 0.15) is 11.8 Å². The van der Waals surface area contributed by atoms with Gasteiger partial charge in [-0.05, 0) is 49.4 Å². The summed E-state index contributed by atoms with van der Waals surface area (Å²) < 4.78 is 32.3. The first-order valence-corrected chi connectivity index (χ1v) is 13.3. The molecule has 2 aromatic rings. The van der Waals surface area contributed by atoms with Crippen LogP contribution in [0.4, 0.5) is 0 Å². The van der Waals surface area contributed by atoms with Crippen LogP contribution in [0.1, 0.15) is 33.1 Å². The molecule has 2 heterocycles. The van der Waals surface area contributed by atoms with Gasteiger partial charge in [0.2, 0.25) is 5.91 Å². The zero-order chi connectivity index (χ0) is 26.1. The van der Waals surface area contributed by atoms with Gasteiger partial charge in [0.25, 0.3) is 15.9 Å². The summed E-state index contributed by atoms with van der Waals surface area (Å²) in [6, 6.07) is 11.7. The molecule has 10 nitrogen and oxygen atoms in total. The lowest BCUT2D eigenvalue weighted by Gasteiger charge is -2.23. The number of ketones is 1. The minimum atomic E-state index is -3.93. The summed E-state index contributed by atoms with van der Waals surface area (Å²) in [5, 5.41) is 5.29. The average molecular weight is 517 g/mol. The minimum Gasteiger partial charge on any atom is -0.484 e. The molecule has 0 aliphatic carbocycles.